The Bertz CT molecular complexity index is 664. The van der Waals surface area contributed by atoms with Crippen LogP contribution in [0.2, 0.25) is 0 Å². The Labute approximate surface area is 124 Å². The molecule has 0 aliphatic heterocycles. The summed E-state index contributed by atoms with van der Waals surface area (Å²) in [5.41, 5.74) is 2.53. The van der Waals surface area contributed by atoms with Gasteiger partial charge < -0.3 is 4.57 Å². The minimum absolute atomic E-state index is 0.416. The summed E-state index contributed by atoms with van der Waals surface area (Å²) in [4.78, 5) is 4.68. The monoisotopic (exact) mass is 287 g/mol. The first kappa shape index (κ1) is 13.5. The molecule has 104 valence electrons. The van der Waals surface area contributed by atoms with Crippen molar-refractivity contribution in [2.24, 2.45) is 5.92 Å². The minimum atomic E-state index is 0.416. The molecule has 1 saturated carbocycles. The lowest BCUT2D eigenvalue weighted by Crippen LogP contribution is -2.10. The highest BCUT2D eigenvalue weighted by Gasteiger charge is 2.26. The average Bonchev–Trinajstić information content (AvgIpc) is 3.17. The normalized spacial score (nSPS) is 16.2. The molecule has 3 nitrogen and oxygen atoms in total. The Morgan fingerprint density at radius 2 is 2.30 bits per heavy atom. The highest BCUT2D eigenvalue weighted by atomic mass is 35.5. The van der Waals surface area contributed by atoms with Crippen molar-refractivity contribution in [3.05, 3.63) is 29.6 Å². The van der Waals surface area contributed by atoms with Crippen molar-refractivity contribution in [2.45, 2.75) is 38.6 Å². The first-order chi connectivity index (χ1) is 9.74. The van der Waals surface area contributed by atoms with Gasteiger partial charge in [0.15, 0.2) is 0 Å². The number of alkyl halides is 1. The van der Waals surface area contributed by atoms with Gasteiger partial charge in [0.05, 0.1) is 11.1 Å². The molecule has 3 rings (SSSR count). The molecular formula is C16H18ClN3. The number of hydrogen-bond donors (Lipinski definition) is 0. The van der Waals surface area contributed by atoms with Gasteiger partial charge >= 0.3 is 0 Å². The Balaban J connectivity index is 2.10. The predicted octanol–water partition coefficient (Wildman–Crippen LogP) is 4.05. The molecule has 1 aromatic carbocycles. The average molecular weight is 288 g/mol. The van der Waals surface area contributed by atoms with Gasteiger partial charge in [0.2, 0.25) is 0 Å². The Kier molecular flexibility index (Phi) is 3.67. The summed E-state index contributed by atoms with van der Waals surface area (Å²) in [6, 6.07) is 8.48. The van der Waals surface area contributed by atoms with Gasteiger partial charge in [-0.3, -0.25) is 0 Å². The Morgan fingerprint density at radius 1 is 1.50 bits per heavy atom. The third kappa shape index (κ3) is 2.41. The lowest BCUT2D eigenvalue weighted by Gasteiger charge is -2.17. The summed E-state index contributed by atoms with van der Waals surface area (Å²) in [7, 11) is 0. The first-order valence-electron chi connectivity index (χ1n) is 7.20. The van der Waals surface area contributed by atoms with Gasteiger partial charge in [-0.1, -0.05) is 18.9 Å². The molecule has 1 fully saturated rings. The van der Waals surface area contributed by atoms with Crippen molar-refractivity contribution < 1.29 is 0 Å². The second-order valence-corrected chi connectivity index (χ2v) is 6.03. The molecule has 1 aliphatic rings. The summed E-state index contributed by atoms with van der Waals surface area (Å²) in [6.45, 7) is 2.25. The van der Waals surface area contributed by atoms with Gasteiger partial charge in [-0.15, -0.1) is 11.6 Å². The third-order valence-electron chi connectivity index (χ3n) is 4.04. The van der Waals surface area contributed by atoms with Crippen LogP contribution in [0, 0.1) is 17.2 Å². The number of fused-ring (bicyclic) bond motifs is 1. The number of aromatic nitrogens is 2. The molecule has 0 saturated heterocycles. The first-order valence-corrected chi connectivity index (χ1v) is 7.74. The number of hydrogen-bond acceptors (Lipinski definition) is 2. The smallest absolute Gasteiger partial charge is 0.111 e. The van der Waals surface area contributed by atoms with Crippen molar-refractivity contribution in [3.63, 3.8) is 0 Å². The van der Waals surface area contributed by atoms with Crippen LogP contribution in [-0.2, 0) is 6.42 Å². The van der Waals surface area contributed by atoms with Crippen LogP contribution in [0.15, 0.2) is 18.2 Å². The maximum absolute atomic E-state index is 9.23. The quantitative estimate of drug-likeness (QED) is 0.779. The second kappa shape index (κ2) is 5.46. The second-order valence-electron chi connectivity index (χ2n) is 5.65. The number of benzene rings is 1. The fourth-order valence-electron chi connectivity index (χ4n) is 2.95. The maximum Gasteiger partial charge on any atom is 0.111 e. The highest BCUT2D eigenvalue weighted by Crippen LogP contribution is 2.38. The zero-order valence-corrected chi connectivity index (χ0v) is 12.4. The highest BCUT2D eigenvalue weighted by molar-refractivity contribution is 6.17. The maximum atomic E-state index is 9.23. The van der Waals surface area contributed by atoms with E-state index in [-0.39, 0.29) is 0 Å². The molecule has 0 spiro atoms. The van der Waals surface area contributed by atoms with Gasteiger partial charge in [-0.05, 0) is 31.4 Å². The van der Waals surface area contributed by atoms with E-state index in [2.05, 4.69) is 28.6 Å². The molecule has 1 atom stereocenters. The van der Waals surface area contributed by atoms with Crippen molar-refractivity contribution >= 4 is 22.6 Å². The van der Waals surface area contributed by atoms with Crippen molar-refractivity contribution in [2.75, 3.05) is 5.88 Å². The Hall–Kier alpha value is -1.53. The molecule has 1 heterocycles. The molecule has 1 aromatic heterocycles. The number of imidazole rings is 1. The number of rotatable bonds is 5. The number of para-hydroxylation sites is 1. The number of aryl methyl sites for hydroxylation is 1. The van der Waals surface area contributed by atoms with Crippen LogP contribution in [0.25, 0.3) is 11.0 Å². The topological polar surface area (TPSA) is 41.6 Å². The fraction of sp³-hybridized carbons (Fsp3) is 0.500. The van der Waals surface area contributed by atoms with E-state index in [1.807, 2.05) is 12.1 Å². The Morgan fingerprint density at radius 3 is 2.95 bits per heavy atom. The summed E-state index contributed by atoms with van der Waals surface area (Å²) in [5, 5.41) is 9.23. The van der Waals surface area contributed by atoms with E-state index in [1.54, 1.807) is 0 Å². The lowest BCUT2D eigenvalue weighted by atomic mass is 10.1. The molecule has 0 bridgehead atoms. The molecule has 4 heteroatoms. The molecule has 1 aliphatic carbocycles. The van der Waals surface area contributed by atoms with Crippen molar-refractivity contribution in [1.29, 1.82) is 5.26 Å². The molecule has 0 N–H and O–H groups in total. The molecule has 0 amide bonds. The predicted molar refractivity (Wildman–Crippen MR) is 80.9 cm³/mol. The van der Waals surface area contributed by atoms with E-state index in [9.17, 15) is 5.26 Å². The van der Waals surface area contributed by atoms with Crippen LogP contribution in [0.4, 0.5) is 0 Å². The van der Waals surface area contributed by atoms with Gasteiger partial charge in [0.1, 0.15) is 17.4 Å². The molecule has 20 heavy (non-hydrogen) atoms. The van der Waals surface area contributed by atoms with Gasteiger partial charge in [-0.25, -0.2) is 4.98 Å². The van der Waals surface area contributed by atoms with Crippen molar-refractivity contribution in [3.8, 4) is 6.07 Å². The number of nitrogens with zero attached hydrogens (tertiary/aromatic N) is 3. The summed E-state index contributed by atoms with van der Waals surface area (Å²) in [6.07, 6.45) is 4.64. The number of halogens is 1. The SMILES string of the molecule is CC(CC1CC1)n1c(CCCl)nc2c(C#N)cccc21. The molecule has 0 radical (unpaired) electrons. The van der Waals surface area contributed by atoms with Crippen LogP contribution < -0.4 is 0 Å². The van der Waals surface area contributed by atoms with E-state index in [1.165, 1.54) is 19.3 Å². The van der Waals surface area contributed by atoms with Gasteiger partial charge in [0, 0.05) is 18.3 Å². The minimum Gasteiger partial charge on any atom is -0.325 e. The van der Waals surface area contributed by atoms with Gasteiger partial charge in [0.25, 0.3) is 0 Å². The van der Waals surface area contributed by atoms with Crippen LogP contribution >= 0.6 is 11.6 Å². The van der Waals surface area contributed by atoms with E-state index >= 15 is 0 Å². The van der Waals surface area contributed by atoms with Crippen LogP contribution in [0.1, 0.15) is 43.6 Å². The summed E-state index contributed by atoms with van der Waals surface area (Å²) >= 11 is 5.91. The molecular weight excluding hydrogens is 270 g/mol. The van der Waals surface area contributed by atoms with Crippen LogP contribution in [-0.4, -0.2) is 15.4 Å². The zero-order chi connectivity index (χ0) is 14.1. The van der Waals surface area contributed by atoms with Crippen LogP contribution in [0.5, 0.6) is 0 Å². The van der Waals surface area contributed by atoms with E-state index in [4.69, 9.17) is 11.6 Å². The standard InChI is InChI=1S/C16H18ClN3/c1-11(9-12-5-6-12)20-14-4-2-3-13(10-18)16(14)19-15(20)7-8-17/h2-4,11-12H,5-9H2,1H3. The van der Waals surface area contributed by atoms with E-state index in [0.717, 1.165) is 29.2 Å². The fourth-order valence-corrected chi connectivity index (χ4v) is 3.12. The largest absolute Gasteiger partial charge is 0.325 e. The summed E-state index contributed by atoms with van der Waals surface area (Å²) in [5.74, 6) is 2.43. The van der Waals surface area contributed by atoms with E-state index < -0.39 is 0 Å². The van der Waals surface area contributed by atoms with E-state index in [0.29, 0.717) is 17.5 Å². The number of nitriles is 1. The third-order valence-corrected chi connectivity index (χ3v) is 4.23. The van der Waals surface area contributed by atoms with Crippen molar-refractivity contribution in [1.82, 2.24) is 9.55 Å². The van der Waals surface area contributed by atoms with Gasteiger partial charge in [-0.2, -0.15) is 5.26 Å². The zero-order valence-electron chi connectivity index (χ0n) is 11.6. The lowest BCUT2D eigenvalue weighted by molar-refractivity contribution is 0.473. The molecule has 1 unspecified atom stereocenters. The molecule has 2 aromatic rings. The van der Waals surface area contributed by atoms with Crippen LogP contribution in [0.3, 0.4) is 0 Å². The summed E-state index contributed by atoms with van der Waals surface area (Å²) < 4.78 is 2.29.